The molecule has 0 spiro atoms. The fraction of sp³-hybridized carbons (Fsp3) is 0.333. The van der Waals surface area contributed by atoms with Gasteiger partial charge in [0, 0.05) is 20.0 Å². The van der Waals surface area contributed by atoms with E-state index in [1.165, 1.54) is 0 Å². The average molecular weight is 248 g/mol. The first kappa shape index (κ1) is 11.9. The van der Waals surface area contributed by atoms with E-state index in [1.807, 2.05) is 31.3 Å². The van der Waals surface area contributed by atoms with E-state index in [9.17, 15) is 0 Å². The van der Waals surface area contributed by atoms with Crippen molar-refractivity contribution in [3.05, 3.63) is 30.1 Å². The van der Waals surface area contributed by atoms with E-state index in [2.05, 4.69) is 20.6 Å². The summed E-state index contributed by atoms with van der Waals surface area (Å²) in [6, 6.07) is 8.07. The number of imidazole rings is 1. The van der Waals surface area contributed by atoms with Crippen molar-refractivity contribution in [2.75, 3.05) is 13.6 Å². The molecule has 0 radical (unpaired) electrons. The van der Waals surface area contributed by atoms with Gasteiger partial charge in [-0.15, -0.1) is 0 Å². The molecule has 0 aliphatic rings. The van der Waals surface area contributed by atoms with Crippen molar-refractivity contribution in [1.82, 2.24) is 20.6 Å². The number of aromatic nitrogens is 2. The van der Waals surface area contributed by atoms with Gasteiger partial charge in [-0.1, -0.05) is 12.1 Å². The fourth-order valence-corrected chi connectivity index (χ4v) is 1.77. The summed E-state index contributed by atoms with van der Waals surface area (Å²) < 4.78 is 0. The van der Waals surface area contributed by atoms with Gasteiger partial charge in [-0.25, -0.2) is 4.98 Å². The van der Waals surface area contributed by atoms with Gasteiger partial charge in [-0.3, -0.25) is 0 Å². The normalized spacial score (nSPS) is 10.4. The minimum absolute atomic E-state index is 0.689. The Labute approximate surface area is 106 Å². The highest BCUT2D eigenvalue weighted by molar-refractivity contribution is 7.80. The van der Waals surface area contributed by atoms with E-state index in [0.29, 0.717) is 5.11 Å². The third-order valence-electron chi connectivity index (χ3n) is 2.54. The minimum atomic E-state index is 0.689. The van der Waals surface area contributed by atoms with Gasteiger partial charge in [0.25, 0.3) is 0 Å². The van der Waals surface area contributed by atoms with Crippen molar-refractivity contribution in [2.45, 2.75) is 12.8 Å². The number of para-hydroxylation sites is 2. The van der Waals surface area contributed by atoms with Crippen LogP contribution in [0.25, 0.3) is 11.0 Å². The Hall–Kier alpha value is -1.62. The van der Waals surface area contributed by atoms with Gasteiger partial charge >= 0.3 is 0 Å². The van der Waals surface area contributed by atoms with Crippen molar-refractivity contribution < 1.29 is 0 Å². The second-order valence-electron chi connectivity index (χ2n) is 3.81. The summed E-state index contributed by atoms with van der Waals surface area (Å²) >= 11 is 4.99. The monoisotopic (exact) mass is 248 g/mol. The molecule has 2 rings (SSSR count). The molecule has 0 aliphatic carbocycles. The summed E-state index contributed by atoms with van der Waals surface area (Å²) in [4.78, 5) is 7.83. The molecular formula is C12H16N4S. The lowest BCUT2D eigenvalue weighted by atomic mass is 10.3. The van der Waals surface area contributed by atoms with Crippen molar-refractivity contribution in [2.24, 2.45) is 0 Å². The highest BCUT2D eigenvalue weighted by Gasteiger charge is 2.01. The van der Waals surface area contributed by atoms with E-state index in [1.54, 1.807) is 0 Å². The van der Waals surface area contributed by atoms with Crippen LogP contribution in [0.3, 0.4) is 0 Å². The molecule has 0 amide bonds. The lowest BCUT2D eigenvalue weighted by molar-refractivity contribution is 0.745. The fourth-order valence-electron chi connectivity index (χ4n) is 1.67. The number of hydrogen-bond acceptors (Lipinski definition) is 2. The van der Waals surface area contributed by atoms with Crippen molar-refractivity contribution >= 4 is 28.4 Å². The van der Waals surface area contributed by atoms with Gasteiger partial charge in [0.2, 0.25) is 0 Å². The predicted molar refractivity (Wildman–Crippen MR) is 74.1 cm³/mol. The summed E-state index contributed by atoms with van der Waals surface area (Å²) in [5, 5.41) is 6.69. The number of aryl methyl sites for hydroxylation is 1. The van der Waals surface area contributed by atoms with Crippen LogP contribution in [-0.4, -0.2) is 28.7 Å². The summed E-state index contributed by atoms with van der Waals surface area (Å²) in [5.41, 5.74) is 2.13. The molecule has 0 fully saturated rings. The number of nitrogens with one attached hydrogen (secondary N) is 3. The predicted octanol–water partition coefficient (Wildman–Crippen LogP) is 1.59. The molecule has 4 nitrogen and oxygen atoms in total. The van der Waals surface area contributed by atoms with Crippen molar-refractivity contribution in [1.29, 1.82) is 0 Å². The van der Waals surface area contributed by atoms with Gasteiger partial charge in [-0.2, -0.15) is 0 Å². The van der Waals surface area contributed by atoms with Gasteiger partial charge in [-0.05, 0) is 30.8 Å². The van der Waals surface area contributed by atoms with Gasteiger partial charge in [0.15, 0.2) is 5.11 Å². The Morgan fingerprint density at radius 1 is 1.41 bits per heavy atom. The van der Waals surface area contributed by atoms with Crippen LogP contribution in [0.2, 0.25) is 0 Å². The quantitative estimate of drug-likeness (QED) is 0.568. The summed E-state index contributed by atoms with van der Waals surface area (Å²) in [7, 11) is 1.81. The first-order valence-electron chi connectivity index (χ1n) is 5.69. The Balaban J connectivity index is 1.85. The van der Waals surface area contributed by atoms with Gasteiger partial charge < -0.3 is 15.6 Å². The molecule has 1 heterocycles. The lowest BCUT2D eigenvalue weighted by Gasteiger charge is -2.05. The molecule has 0 atom stereocenters. The second-order valence-corrected chi connectivity index (χ2v) is 4.22. The zero-order valence-electron chi connectivity index (χ0n) is 9.79. The molecule has 2 aromatic rings. The highest BCUT2D eigenvalue weighted by Crippen LogP contribution is 2.10. The Morgan fingerprint density at radius 2 is 2.24 bits per heavy atom. The zero-order chi connectivity index (χ0) is 12.1. The minimum Gasteiger partial charge on any atom is -0.366 e. The summed E-state index contributed by atoms with van der Waals surface area (Å²) in [6.07, 6.45) is 1.93. The van der Waals surface area contributed by atoms with Crippen molar-refractivity contribution in [3.8, 4) is 0 Å². The zero-order valence-corrected chi connectivity index (χ0v) is 10.6. The number of thiocarbonyl (C=S) groups is 1. The first-order valence-corrected chi connectivity index (χ1v) is 6.09. The van der Waals surface area contributed by atoms with Crippen molar-refractivity contribution in [3.63, 3.8) is 0 Å². The molecule has 0 saturated heterocycles. The molecule has 3 N–H and O–H groups in total. The number of fused-ring (bicyclic) bond motifs is 1. The van der Waals surface area contributed by atoms with Crippen LogP contribution in [0.5, 0.6) is 0 Å². The molecule has 0 bridgehead atoms. The average Bonchev–Trinajstić information content (AvgIpc) is 2.76. The van der Waals surface area contributed by atoms with Gasteiger partial charge in [0.1, 0.15) is 5.82 Å². The topological polar surface area (TPSA) is 52.7 Å². The largest absolute Gasteiger partial charge is 0.366 e. The van der Waals surface area contributed by atoms with Crippen LogP contribution in [0, 0.1) is 0 Å². The maximum absolute atomic E-state index is 4.99. The van der Waals surface area contributed by atoms with E-state index in [0.717, 1.165) is 36.2 Å². The van der Waals surface area contributed by atoms with E-state index in [-0.39, 0.29) is 0 Å². The SMILES string of the molecule is CNC(=S)NCCCc1nc2ccccc2[nH]1. The molecule has 1 aromatic carbocycles. The Bertz CT molecular complexity index is 473. The molecule has 5 heteroatoms. The lowest BCUT2D eigenvalue weighted by Crippen LogP contribution is -2.33. The summed E-state index contributed by atoms with van der Waals surface area (Å²) in [6.45, 7) is 0.858. The Morgan fingerprint density at radius 3 is 3.00 bits per heavy atom. The van der Waals surface area contributed by atoms with E-state index >= 15 is 0 Å². The van der Waals surface area contributed by atoms with Crippen LogP contribution >= 0.6 is 12.2 Å². The Kier molecular flexibility index (Phi) is 3.93. The second kappa shape index (κ2) is 5.63. The maximum atomic E-state index is 4.99. The van der Waals surface area contributed by atoms with Crippen LogP contribution in [-0.2, 0) is 6.42 Å². The number of benzene rings is 1. The van der Waals surface area contributed by atoms with E-state index < -0.39 is 0 Å². The number of rotatable bonds is 4. The maximum Gasteiger partial charge on any atom is 0.166 e. The third-order valence-corrected chi connectivity index (χ3v) is 2.89. The number of hydrogen-bond donors (Lipinski definition) is 3. The van der Waals surface area contributed by atoms with Crippen LogP contribution in [0.4, 0.5) is 0 Å². The first-order chi connectivity index (χ1) is 8.29. The number of H-pyrrole nitrogens is 1. The molecular weight excluding hydrogens is 232 g/mol. The number of nitrogens with zero attached hydrogens (tertiary/aromatic N) is 1. The standard InChI is InChI=1S/C12H16N4S/c1-13-12(17)14-8-4-7-11-15-9-5-2-3-6-10(9)16-11/h2-3,5-6H,4,7-8H2,1H3,(H,15,16)(H2,13,14,17). The van der Waals surface area contributed by atoms with E-state index in [4.69, 9.17) is 12.2 Å². The molecule has 0 unspecified atom stereocenters. The molecule has 90 valence electrons. The molecule has 17 heavy (non-hydrogen) atoms. The van der Waals surface area contributed by atoms with Gasteiger partial charge in [0.05, 0.1) is 11.0 Å². The van der Waals surface area contributed by atoms with Crippen LogP contribution in [0.15, 0.2) is 24.3 Å². The van der Waals surface area contributed by atoms with Crippen LogP contribution < -0.4 is 10.6 Å². The third kappa shape index (κ3) is 3.17. The highest BCUT2D eigenvalue weighted by atomic mass is 32.1. The number of aromatic amines is 1. The smallest absolute Gasteiger partial charge is 0.166 e. The van der Waals surface area contributed by atoms with Crippen LogP contribution in [0.1, 0.15) is 12.2 Å². The molecule has 1 aromatic heterocycles. The molecule has 0 aliphatic heterocycles. The summed E-state index contributed by atoms with van der Waals surface area (Å²) in [5.74, 6) is 1.03. The molecule has 0 saturated carbocycles.